The summed E-state index contributed by atoms with van der Waals surface area (Å²) in [6.07, 6.45) is 0.469. The van der Waals surface area contributed by atoms with Gasteiger partial charge in [-0.05, 0) is 18.6 Å². The molecule has 0 aliphatic carbocycles. The first-order valence-corrected chi connectivity index (χ1v) is 7.40. The first-order valence-electron chi connectivity index (χ1n) is 7.09. The Bertz CT molecular complexity index is 478. The average molecular weight is 365 g/mol. The van der Waals surface area contributed by atoms with Gasteiger partial charge in [0.2, 0.25) is 5.79 Å². The van der Waals surface area contributed by atoms with E-state index < -0.39 is 17.9 Å². The number of unbranched alkanes of at least 4 members (excludes halogenated alkanes) is 1. The molecule has 9 heteroatoms. The van der Waals surface area contributed by atoms with Gasteiger partial charge in [-0.1, -0.05) is 36.0 Å². The molecule has 0 heterocycles. The lowest BCUT2D eigenvalue weighted by molar-refractivity contribution is -0.406. The number of hydrogen-bond acceptors (Lipinski definition) is 7. The number of ether oxygens (including phenoxy) is 1. The molecule has 1 N–H and O–H groups in total. The van der Waals surface area contributed by atoms with E-state index in [1.54, 1.807) is 30.3 Å². The zero-order chi connectivity index (χ0) is 18.4. The van der Waals surface area contributed by atoms with Crippen molar-refractivity contribution in [2.75, 3.05) is 6.61 Å². The maximum Gasteiger partial charge on any atom is 0.508 e. The van der Waals surface area contributed by atoms with Gasteiger partial charge in [-0.15, -0.1) is 0 Å². The summed E-state index contributed by atoms with van der Waals surface area (Å²) in [4.78, 5) is 34.5. The first kappa shape index (κ1) is 22.1. The van der Waals surface area contributed by atoms with E-state index >= 15 is 0 Å². The Morgan fingerprint density at radius 1 is 1.21 bits per heavy atom. The summed E-state index contributed by atoms with van der Waals surface area (Å²) >= 11 is 4.70. The van der Waals surface area contributed by atoms with Gasteiger partial charge >= 0.3 is 12.1 Å². The molecule has 0 radical (unpaired) electrons. The number of carbonyl (C=O) groups is 2. The molecule has 0 saturated heterocycles. The van der Waals surface area contributed by atoms with Crippen molar-refractivity contribution < 1.29 is 38.5 Å². The molecule has 0 amide bonds. The number of rotatable bonds is 8. The number of benzene rings is 1. The van der Waals surface area contributed by atoms with Crippen LogP contribution < -0.4 is 0 Å². The Morgan fingerprint density at radius 3 is 2.33 bits per heavy atom. The predicted octanol–water partition coefficient (Wildman–Crippen LogP) is 4.09. The Morgan fingerprint density at radius 2 is 1.83 bits per heavy atom. The fourth-order valence-corrected chi connectivity index (χ4v) is 1.32. The minimum atomic E-state index is -1.39. The van der Waals surface area contributed by atoms with Crippen LogP contribution in [0.5, 0.6) is 0 Å². The Hall–Kier alpha value is -1.87. The zero-order valence-electron chi connectivity index (χ0n) is 13.7. The van der Waals surface area contributed by atoms with E-state index in [1.807, 2.05) is 6.92 Å². The summed E-state index contributed by atoms with van der Waals surface area (Å²) < 4.78 is 8.07. The molecule has 1 aromatic carbocycles. The fraction of sp³-hybridized carbons (Fsp3) is 0.467. The van der Waals surface area contributed by atoms with Gasteiger partial charge in [0.1, 0.15) is 11.9 Å². The molecular formula is C15H21ClO8. The molecule has 0 saturated carbocycles. The fourth-order valence-electron chi connectivity index (χ4n) is 1.27. The van der Waals surface area contributed by atoms with E-state index in [0.717, 1.165) is 12.8 Å². The number of halogens is 1. The molecule has 0 aromatic heterocycles. The Labute approximate surface area is 145 Å². The van der Waals surface area contributed by atoms with Gasteiger partial charge in [0, 0.05) is 13.8 Å². The van der Waals surface area contributed by atoms with E-state index in [4.69, 9.17) is 26.7 Å². The van der Waals surface area contributed by atoms with Crippen LogP contribution in [0.1, 0.15) is 44.0 Å². The van der Waals surface area contributed by atoms with Crippen LogP contribution in [0.15, 0.2) is 30.3 Å². The molecule has 0 atom stereocenters. The minimum Gasteiger partial charge on any atom is -0.450 e. The summed E-state index contributed by atoms with van der Waals surface area (Å²) in [5.74, 6) is -1.86. The molecule has 0 unspecified atom stereocenters. The van der Waals surface area contributed by atoms with Crippen LogP contribution in [0.4, 0.5) is 4.79 Å². The SMILES string of the molecule is CCCCOOC(C)(C)OC(=O)O.O=C(OOCl)c1ccccc1. The van der Waals surface area contributed by atoms with Gasteiger partial charge in [-0.2, -0.15) is 4.89 Å². The first-order chi connectivity index (χ1) is 11.3. The largest absolute Gasteiger partial charge is 0.508 e. The van der Waals surface area contributed by atoms with Crippen LogP contribution in [-0.4, -0.2) is 29.6 Å². The molecule has 0 spiro atoms. The molecule has 0 aliphatic rings. The summed E-state index contributed by atoms with van der Waals surface area (Å²) in [6, 6.07) is 8.41. The van der Waals surface area contributed by atoms with Crippen LogP contribution in [0, 0.1) is 0 Å². The lowest BCUT2D eigenvalue weighted by Crippen LogP contribution is -2.31. The Balaban J connectivity index is 0.000000446. The zero-order valence-corrected chi connectivity index (χ0v) is 14.4. The quantitative estimate of drug-likeness (QED) is 0.242. The molecule has 1 aromatic rings. The number of hydrogen-bond donors (Lipinski definition) is 1. The van der Waals surface area contributed by atoms with Crippen molar-refractivity contribution in [3.8, 4) is 0 Å². The van der Waals surface area contributed by atoms with Gasteiger partial charge in [0.05, 0.1) is 12.2 Å². The van der Waals surface area contributed by atoms with Crippen molar-refractivity contribution in [1.82, 2.24) is 0 Å². The van der Waals surface area contributed by atoms with Gasteiger partial charge in [0.25, 0.3) is 0 Å². The highest BCUT2D eigenvalue weighted by molar-refractivity contribution is 6.07. The van der Waals surface area contributed by atoms with Crippen LogP contribution in [0.25, 0.3) is 0 Å². The molecule has 24 heavy (non-hydrogen) atoms. The monoisotopic (exact) mass is 364 g/mol. The third kappa shape index (κ3) is 11.7. The molecule has 1 rings (SSSR count). The highest BCUT2D eigenvalue weighted by atomic mass is 35.5. The molecule has 0 bridgehead atoms. The second-order valence-electron chi connectivity index (χ2n) is 4.83. The van der Waals surface area contributed by atoms with Crippen LogP contribution in [0.3, 0.4) is 0 Å². The summed E-state index contributed by atoms with van der Waals surface area (Å²) in [5.41, 5.74) is 0.396. The van der Waals surface area contributed by atoms with E-state index in [1.165, 1.54) is 13.8 Å². The number of carboxylic acid groups (broad SMARTS) is 1. The topological polar surface area (TPSA) is 101 Å². The highest BCUT2D eigenvalue weighted by Gasteiger charge is 2.24. The normalized spacial score (nSPS) is 10.3. The van der Waals surface area contributed by atoms with Gasteiger partial charge in [-0.3, -0.25) is 4.89 Å². The van der Waals surface area contributed by atoms with E-state index in [0.29, 0.717) is 12.2 Å². The molecular weight excluding hydrogens is 344 g/mol. The number of carbonyl (C=O) groups excluding carboxylic acids is 1. The molecule has 0 aliphatic heterocycles. The summed E-state index contributed by atoms with van der Waals surface area (Å²) in [6.45, 7) is 5.38. The third-order valence-electron chi connectivity index (χ3n) is 2.29. The van der Waals surface area contributed by atoms with Crippen molar-refractivity contribution in [2.45, 2.75) is 39.4 Å². The minimum absolute atomic E-state index is 0.396. The smallest absolute Gasteiger partial charge is 0.450 e. The van der Waals surface area contributed by atoms with Gasteiger partial charge < -0.3 is 9.84 Å². The average Bonchev–Trinajstić information content (AvgIpc) is 2.52. The predicted molar refractivity (Wildman–Crippen MR) is 83.9 cm³/mol. The second-order valence-corrected chi connectivity index (χ2v) is 4.95. The third-order valence-corrected chi connectivity index (χ3v) is 2.35. The maximum absolute atomic E-state index is 10.8. The summed E-state index contributed by atoms with van der Waals surface area (Å²) in [5, 5.41) is 8.29. The van der Waals surface area contributed by atoms with E-state index in [2.05, 4.69) is 14.1 Å². The highest BCUT2D eigenvalue weighted by Crippen LogP contribution is 2.11. The van der Waals surface area contributed by atoms with Gasteiger partial charge in [0.15, 0.2) is 0 Å². The van der Waals surface area contributed by atoms with E-state index in [9.17, 15) is 9.59 Å². The molecule has 136 valence electrons. The van der Waals surface area contributed by atoms with Crippen molar-refractivity contribution >= 4 is 24.0 Å². The van der Waals surface area contributed by atoms with E-state index in [-0.39, 0.29) is 0 Å². The summed E-state index contributed by atoms with van der Waals surface area (Å²) in [7, 11) is 0. The lowest BCUT2D eigenvalue weighted by Gasteiger charge is -2.21. The van der Waals surface area contributed by atoms with Crippen LogP contribution in [-0.2, 0) is 23.8 Å². The van der Waals surface area contributed by atoms with Crippen molar-refractivity contribution in [3.05, 3.63) is 35.9 Å². The van der Waals surface area contributed by atoms with Gasteiger partial charge in [-0.25, -0.2) is 14.5 Å². The Kier molecular flexibility index (Phi) is 11.6. The van der Waals surface area contributed by atoms with Crippen molar-refractivity contribution in [1.29, 1.82) is 0 Å². The maximum atomic E-state index is 10.8. The van der Waals surface area contributed by atoms with Crippen LogP contribution >= 0.6 is 11.9 Å². The molecule has 0 fully saturated rings. The van der Waals surface area contributed by atoms with Crippen molar-refractivity contribution in [3.63, 3.8) is 0 Å². The van der Waals surface area contributed by atoms with Crippen molar-refractivity contribution in [2.24, 2.45) is 0 Å². The lowest BCUT2D eigenvalue weighted by atomic mass is 10.2. The standard InChI is InChI=1S/C8H16O5.C7H5ClO3/c1-4-5-6-11-13-8(2,3)12-7(9)10;8-11-10-7(9)6-4-2-1-3-5-6/h4-6H2,1-3H3,(H,9,10);1-5H. The second kappa shape index (κ2) is 12.5. The van der Waals surface area contributed by atoms with Crippen LogP contribution in [0.2, 0.25) is 0 Å². The molecule has 8 nitrogen and oxygen atoms in total.